The molecule has 0 radical (unpaired) electrons. The minimum absolute atomic E-state index is 0.0869. The molecule has 4 nitrogen and oxygen atoms in total. The van der Waals surface area contributed by atoms with E-state index in [-0.39, 0.29) is 11.0 Å². The van der Waals surface area contributed by atoms with Gasteiger partial charge in [-0.05, 0) is 37.0 Å². The molecule has 0 saturated heterocycles. The molecule has 0 amide bonds. The van der Waals surface area contributed by atoms with Crippen LogP contribution >= 0.6 is 11.6 Å². The summed E-state index contributed by atoms with van der Waals surface area (Å²) in [6.07, 6.45) is 6.75. The van der Waals surface area contributed by atoms with Gasteiger partial charge in [0, 0.05) is 16.4 Å². The van der Waals surface area contributed by atoms with Crippen LogP contribution in [-0.4, -0.2) is 20.4 Å². The number of fused-ring (bicyclic) bond motifs is 2. The lowest BCUT2D eigenvalue weighted by Crippen LogP contribution is -2.56. The van der Waals surface area contributed by atoms with Crippen LogP contribution in [0.25, 0.3) is 0 Å². The van der Waals surface area contributed by atoms with E-state index in [9.17, 15) is 0 Å². The topological polar surface area (TPSA) is 39.9 Å². The molecule has 2 atom stereocenters. The van der Waals surface area contributed by atoms with Gasteiger partial charge in [0.2, 0.25) is 0 Å². The van der Waals surface area contributed by atoms with Gasteiger partial charge >= 0.3 is 0 Å². The van der Waals surface area contributed by atoms with Gasteiger partial charge in [-0.25, -0.2) is 9.67 Å². The second-order valence-corrected chi connectivity index (χ2v) is 7.60. The lowest BCUT2D eigenvalue weighted by Gasteiger charge is -2.48. The van der Waals surface area contributed by atoms with E-state index in [0.29, 0.717) is 5.92 Å². The quantitative estimate of drug-likeness (QED) is 0.847. The summed E-state index contributed by atoms with van der Waals surface area (Å²) >= 11 is 6.17. The van der Waals surface area contributed by atoms with Gasteiger partial charge in [-0.1, -0.05) is 31.5 Å². The number of hydrogen-bond donors (Lipinski definition) is 0. The van der Waals surface area contributed by atoms with Crippen molar-refractivity contribution in [1.82, 2.24) is 14.8 Å². The molecule has 2 aromatic rings. The van der Waals surface area contributed by atoms with Gasteiger partial charge in [0.05, 0.1) is 6.54 Å². The number of rotatable bonds is 2. The van der Waals surface area contributed by atoms with Crippen molar-refractivity contribution in [2.24, 2.45) is 11.3 Å². The molecular weight excluding hydrogens is 298 g/mol. The number of ether oxygens (including phenoxy) is 1. The van der Waals surface area contributed by atoms with Gasteiger partial charge < -0.3 is 4.74 Å². The average molecular weight is 318 g/mol. The van der Waals surface area contributed by atoms with Gasteiger partial charge in [0.15, 0.2) is 0 Å². The number of halogens is 1. The molecule has 1 aliphatic heterocycles. The molecular formula is C17H20ClN3O. The first-order chi connectivity index (χ1) is 10.5. The summed E-state index contributed by atoms with van der Waals surface area (Å²) in [4.78, 5) is 4.08. The van der Waals surface area contributed by atoms with Crippen LogP contribution in [0.5, 0.6) is 5.75 Å². The molecule has 0 spiro atoms. The molecule has 0 N–H and O–H groups in total. The highest BCUT2D eigenvalue weighted by Crippen LogP contribution is 2.56. The molecule has 1 fully saturated rings. The zero-order valence-electron chi connectivity index (χ0n) is 12.9. The van der Waals surface area contributed by atoms with E-state index in [1.165, 1.54) is 12.0 Å². The van der Waals surface area contributed by atoms with Gasteiger partial charge in [0.25, 0.3) is 0 Å². The Morgan fingerprint density at radius 3 is 3.05 bits per heavy atom. The Morgan fingerprint density at radius 1 is 1.41 bits per heavy atom. The zero-order chi connectivity index (χ0) is 15.4. The number of nitrogens with zero attached hydrogens (tertiary/aromatic N) is 3. The Kier molecular flexibility index (Phi) is 3.02. The smallest absolute Gasteiger partial charge is 0.137 e. The van der Waals surface area contributed by atoms with Crippen molar-refractivity contribution in [2.45, 2.75) is 45.3 Å². The minimum Gasteiger partial charge on any atom is -0.484 e. The Morgan fingerprint density at radius 2 is 2.27 bits per heavy atom. The highest BCUT2D eigenvalue weighted by molar-refractivity contribution is 6.30. The Hall–Kier alpha value is -1.55. The van der Waals surface area contributed by atoms with Gasteiger partial charge in [-0.2, -0.15) is 5.10 Å². The molecule has 1 aliphatic carbocycles. The van der Waals surface area contributed by atoms with Crippen LogP contribution in [-0.2, 0) is 13.0 Å². The summed E-state index contributed by atoms with van der Waals surface area (Å²) in [5.74, 6) is 1.43. The molecule has 0 bridgehead atoms. The van der Waals surface area contributed by atoms with Crippen molar-refractivity contribution in [2.75, 3.05) is 0 Å². The maximum Gasteiger partial charge on any atom is 0.137 e. The van der Waals surface area contributed by atoms with Crippen LogP contribution in [0.15, 0.2) is 30.9 Å². The van der Waals surface area contributed by atoms with Gasteiger partial charge in [-0.3, -0.25) is 0 Å². The van der Waals surface area contributed by atoms with Crippen molar-refractivity contribution in [1.29, 1.82) is 0 Å². The van der Waals surface area contributed by atoms with Crippen molar-refractivity contribution in [3.63, 3.8) is 0 Å². The maximum absolute atomic E-state index is 6.64. The number of hydrogen-bond acceptors (Lipinski definition) is 3. The third kappa shape index (κ3) is 1.97. The number of aromatic nitrogens is 3. The molecule has 4 rings (SSSR count). The highest BCUT2D eigenvalue weighted by atomic mass is 35.5. The fourth-order valence-electron chi connectivity index (χ4n) is 4.20. The SMILES string of the molecule is CC1(C)CC[C@@H]2Cc3ccc(Cl)cc3O[C@]21Cn1cncn1. The summed E-state index contributed by atoms with van der Waals surface area (Å²) in [5.41, 5.74) is 1.10. The van der Waals surface area contributed by atoms with E-state index in [1.54, 1.807) is 12.7 Å². The molecule has 2 aliphatic rings. The standard InChI is InChI=1S/C17H20ClN3O/c1-16(2)6-5-13-7-12-3-4-14(18)8-15(12)22-17(13,16)9-21-11-19-10-20-21/h3-4,8,10-11,13H,5-7,9H2,1-2H3/t13-,17-/m1/s1. The highest BCUT2D eigenvalue weighted by Gasteiger charge is 2.59. The Balaban J connectivity index is 1.79. The van der Waals surface area contributed by atoms with Crippen molar-refractivity contribution in [3.8, 4) is 5.75 Å². The number of benzene rings is 1. The minimum atomic E-state index is -0.252. The summed E-state index contributed by atoms with van der Waals surface area (Å²) in [6.45, 7) is 5.34. The van der Waals surface area contributed by atoms with Crippen LogP contribution in [0.2, 0.25) is 5.02 Å². The summed E-state index contributed by atoms with van der Waals surface area (Å²) in [6, 6.07) is 6.00. The third-order valence-corrected chi connectivity index (χ3v) is 5.81. The molecule has 116 valence electrons. The normalized spacial score (nSPS) is 28.8. The van der Waals surface area contributed by atoms with Crippen LogP contribution in [0.1, 0.15) is 32.3 Å². The molecule has 5 heteroatoms. The van der Waals surface area contributed by atoms with E-state index in [4.69, 9.17) is 16.3 Å². The summed E-state index contributed by atoms with van der Waals surface area (Å²) in [7, 11) is 0. The monoisotopic (exact) mass is 317 g/mol. The first-order valence-corrected chi connectivity index (χ1v) is 8.18. The zero-order valence-corrected chi connectivity index (χ0v) is 13.7. The fourth-order valence-corrected chi connectivity index (χ4v) is 4.37. The average Bonchev–Trinajstić information content (AvgIpc) is 3.05. The van der Waals surface area contributed by atoms with Crippen molar-refractivity contribution < 1.29 is 4.74 Å². The van der Waals surface area contributed by atoms with E-state index in [0.717, 1.165) is 30.2 Å². The van der Waals surface area contributed by atoms with Gasteiger partial charge in [0.1, 0.15) is 24.0 Å². The maximum atomic E-state index is 6.64. The van der Waals surface area contributed by atoms with E-state index in [2.05, 4.69) is 30.0 Å². The third-order valence-electron chi connectivity index (χ3n) is 5.57. The van der Waals surface area contributed by atoms with E-state index >= 15 is 0 Å². The van der Waals surface area contributed by atoms with Crippen LogP contribution in [0, 0.1) is 11.3 Å². The lowest BCUT2D eigenvalue weighted by atomic mass is 9.71. The first kappa shape index (κ1) is 14.1. The van der Waals surface area contributed by atoms with Crippen LogP contribution < -0.4 is 4.74 Å². The molecule has 2 heterocycles. The predicted octanol–water partition coefficient (Wildman–Crippen LogP) is 3.74. The second-order valence-electron chi connectivity index (χ2n) is 7.16. The van der Waals surface area contributed by atoms with Crippen LogP contribution in [0.4, 0.5) is 0 Å². The molecule has 1 aromatic carbocycles. The van der Waals surface area contributed by atoms with Crippen molar-refractivity contribution in [3.05, 3.63) is 41.4 Å². The molecule has 1 aromatic heterocycles. The predicted molar refractivity (Wildman–Crippen MR) is 85.0 cm³/mol. The molecule has 1 saturated carbocycles. The van der Waals surface area contributed by atoms with Gasteiger partial charge in [-0.15, -0.1) is 0 Å². The fraction of sp³-hybridized carbons (Fsp3) is 0.529. The first-order valence-electron chi connectivity index (χ1n) is 7.80. The summed E-state index contributed by atoms with van der Waals surface area (Å²) in [5, 5.41) is 5.03. The Labute approximate surface area is 135 Å². The van der Waals surface area contributed by atoms with E-state index in [1.807, 2.05) is 16.8 Å². The summed E-state index contributed by atoms with van der Waals surface area (Å²) < 4.78 is 8.54. The Bertz CT molecular complexity index is 698. The molecule has 0 unspecified atom stereocenters. The molecule has 22 heavy (non-hydrogen) atoms. The largest absolute Gasteiger partial charge is 0.484 e. The lowest BCUT2D eigenvalue weighted by molar-refractivity contribution is -0.0773. The second kappa shape index (κ2) is 4.72. The van der Waals surface area contributed by atoms with E-state index < -0.39 is 0 Å². The van der Waals surface area contributed by atoms with Crippen LogP contribution in [0.3, 0.4) is 0 Å². The van der Waals surface area contributed by atoms with Crippen molar-refractivity contribution >= 4 is 11.6 Å².